The van der Waals surface area contributed by atoms with E-state index in [1.807, 2.05) is 0 Å². The van der Waals surface area contributed by atoms with E-state index in [4.69, 9.17) is 0 Å². The number of halogens is 2. The van der Waals surface area contributed by atoms with E-state index in [2.05, 4.69) is 21.0 Å². The van der Waals surface area contributed by atoms with Crippen LogP contribution in [0.2, 0.25) is 0 Å². The van der Waals surface area contributed by atoms with Crippen molar-refractivity contribution >= 4 is 26.7 Å². The molecule has 2 aromatic rings. The average molecular weight is 272 g/mol. The van der Waals surface area contributed by atoms with E-state index in [1.165, 1.54) is 10.7 Å². The molecule has 78 valence electrons. The van der Waals surface area contributed by atoms with Gasteiger partial charge in [0.1, 0.15) is 5.82 Å². The van der Waals surface area contributed by atoms with Crippen LogP contribution in [-0.4, -0.2) is 4.68 Å². The second kappa shape index (κ2) is 3.41. The highest BCUT2D eigenvalue weighted by Gasteiger charge is 2.15. The minimum atomic E-state index is -0.397. The summed E-state index contributed by atoms with van der Waals surface area (Å²) < 4.78 is 15.5. The summed E-state index contributed by atoms with van der Waals surface area (Å²) in [6.45, 7) is 1.73. The van der Waals surface area contributed by atoms with Crippen LogP contribution in [0, 0.1) is 12.7 Å². The first-order valence-electron chi connectivity index (χ1n) is 4.38. The molecular weight excluding hydrogens is 263 g/mol. The van der Waals surface area contributed by atoms with E-state index in [1.54, 1.807) is 20.0 Å². The number of nitrogens with one attached hydrogen (secondary N) is 1. The summed E-state index contributed by atoms with van der Waals surface area (Å²) in [5.41, 5.74) is 0.396. The molecule has 1 aromatic heterocycles. The molecule has 0 aliphatic rings. The van der Waals surface area contributed by atoms with Gasteiger partial charge in [-0.2, -0.15) is 0 Å². The standard InChI is InChI=1S/C10H8BrFN2O/c1-5-9-7(10(15)14(2)13-5)3-6(11)4-8(9)12/h3-4H,1-2H3/p+1. The first-order valence-corrected chi connectivity index (χ1v) is 5.17. The number of aryl methyl sites for hydroxylation is 2. The lowest BCUT2D eigenvalue weighted by Gasteiger charge is -2.01. The molecule has 0 unspecified atom stereocenters. The SMILES string of the molecule is Cc1[nH+]n(C)c(=O)c2cc(Br)cc(F)c12. The second-order valence-electron chi connectivity index (χ2n) is 3.41. The Hall–Kier alpha value is -1.23. The van der Waals surface area contributed by atoms with Gasteiger partial charge in [-0.05, 0) is 12.1 Å². The zero-order valence-electron chi connectivity index (χ0n) is 8.27. The first kappa shape index (κ1) is 10.3. The molecule has 15 heavy (non-hydrogen) atoms. The van der Waals surface area contributed by atoms with Crippen LogP contribution in [0.5, 0.6) is 0 Å². The zero-order chi connectivity index (χ0) is 11.2. The third kappa shape index (κ3) is 1.56. The highest BCUT2D eigenvalue weighted by molar-refractivity contribution is 9.10. The van der Waals surface area contributed by atoms with Gasteiger partial charge in [0.05, 0.1) is 17.8 Å². The lowest BCUT2D eigenvalue weighted by Crippen LogP contribution is -2.34. The highest BCUT2D eigenvalue weighted by atomic mass is 79.9. The maximum atomic E-state index is 13.6. The summed E-state index contributed by atoms with van der Waals surface area (Å²) in [6, 6.07) is 2.98. The normalized spacial score (nSPS) is 10.9. The van der Waals surface area contributed by atoms with Crippen LogP contribution in [0.1, 0.15) is 5.69 Å². The Balaban J connectivity index is 3.10. The van der Waals surface area contributed by atoms with Crippen LogP contribution in [0.25, 0.3) is 10.8 Å². The fourth-order valence-electron chi connectivity index (χ4n) is 1.66. The number of hydrogen-bond donors (Lipinski definition) is 0. The summed E-state index contributed by atoms with van der Waals surface area (Å²) >= 11 is 3.17. The smallest absolute Gasteiger partial charge is 0.263 e. The summed E-state index contributed by atoms with van der Waals surface area (Å²) in [5, 5.41) is 3.51. The Bertz CT molecular complexity index is 598. The molecule has 1 aromatic carbocycles. The van der Waals surface area contributed by atoms with E-state index >= 15 is 0 Å². The molecule has 0 amide bonds. The van der Waals surface area contributed by atoms with Gasteiger partial charge >= 0.3 is 5.56 Å². The molecule has 3 nitrogen and oxygen atoms in total. The number of hydrogen-bond acceptors (Lipinski definition) is 1. The fourth-order valence-corrected chi connectivity index (χ4v) is 2.09. The van der Waals surface area contributed by atoms with Gasteiger partial charge in [0.25, 0.3) is 0 Å². The van der Waals surface area contributed by atoms with Crippen molar-refractivity contribution in [1.29, 1.82) is 0 Å². The minimum absolute atomic E-state index is 0.240. The molecule has 2 rings (SSSR count). The lowest BCUT2D eigenvalue weighted by molar-refractivity contribution is -0.499. The Kier molecular flexibility index (Phi) is 2.34. The monoisotopic (exact) mass is 271 g/mol. The molecule has 0 aliphatic heterocycles. The van der Waals surface area contributed by atoms with Crippen LogP contribution in [0.3, 0.4) is 0 Å². The maximum absolute atomic E-state index is 13.6. The van der Waals surface area contributed by atoms with Crippen molar-refractivity contribution in [2.24, 2.45) is 7.05 Å². The van der Waals surface area contributed by atoms with Crippen molar-refractivity contribution in [3.8, 4) is 0 Å². The van der Waals surface area contributed by atoms with Crippen molar-refractivity contribution in [3.63, 3.8) is 0 Å². The molecule has 0 fully saturated rings. The number of aromatic amines is 1. The third-order valence-corrected chi connectivity index (χ3v) is 2.76. The minimum Gasteiger partial charge on any atom is -0.263 e. The lowest BCUT2D eigenvalue weighted by atomic mass is 10.1. The topological polar surface area (TPSA) is 36.1 Å². The molecule has 0 saturated carbocycles. The number of rotatable bonds is 0. The molecule has 0 radical (unpaired) electrons. The number of aromatic nitrogens is 2. The number of H-pyrrole nitrogens is 1. The quantitative estimate of drug-likeness (QED) is 0.717. The van der Waals surface area contributed by atoms with Crippen LogP contribution in [0.15, 0.2) is 21.4 Å². The molecule has 1 N–H and O–H groups in total. The Labute approximate surface area is 93.7 Å². The number of nitrogens with zero attached hydrogens (tertiary/aromatic N) is 1. The predicted molar refractivity (Wildman–Crippen MR) is 58.1 cm³/mol. The highest BCUT2D eigenvalue weighted by Crippen LogP contribution is 2.21. The maximum Gasteiger partial charge on any atom is 0.308 e. The van der Waals surface area contributed by atoms with Gasteiger partial charge in [-0.3, -0.25) is 4.79 Å². The largest absolute Gasteiger partial charge is 0.308 e. The Morgan fingerprint density at radius 3 is 2.80 bits per heavy atom. The molecule has 0 saturated heterocycles. The molecule has 5 heteroatoms. The summed E-state index contributed by atoms with van der Waals surface area (Å²) in [6.07, 6.45) is 0. The summed E-state index contributed by atoms with van der Waals surface area (Å²) in [5.74, 6) is -0.397. The van der Waals surface area contributed by atoms with Crippen LogP contribution in [-0.2, 0) is 7.05 Å². The van der Waals surface area contributed by atoms with Crippen molar-refractivity contribution in [1.82, 2.24) is 4.68 Å². The Morgan fingerprint density at radius 2 is 2.13 bits per heavy atom. The van der Waals surface area contributed by atoms with Gasteiger partial charge in [-0.1, -0.05) is 15.9 Å². The molecule has 0 aliphatic carbocycles. The molecule has 1 heterocycles. The number of fused-ring (bicyclic) bond motifs is 1. The van der Waals surface area contributed by atoms with Crippen molar-refractivity contribution in [2.75, 3.05) is 0 Å². The summed E-state index contributed by atoms with van der Waals surface area (Å²) in [4.78, 5) is 11.7. The van der Waals surface area contributed by atoms with Gasteiger partial charge in [0, 0.05) is 11.4 Å². The number of benzene rings is 1. The van der Waals surface area contributed by atoms with Gasteiger partial charge < -0.3 is 0 Å². The fraction of sp³-hybridized carbons (Fsp3) is 0.200. The first-order chi connectivity index (χ1) is 7.00. The molecule has 0 atom stereocenters. The molecule has 0 bridgehead atoms. The Morgan fingerprint density at radius 1 is 1.47 bits per heavy atom. The molecule has 0 spiro atoms. The predicted octanol–water partition coefficient (Wildman–Crippen LogP) is 1.56. The van der Waals surface area contributed by atoms with Crippen LogP contribution in [0.4, 0.5) is 4.39 Å². The van der Waals surface area contributed by atoms with Crippen molar-refractivity contribution < 1.29 is 9.49 Å². The van der Waals surface area contributed by atoms with E-state index < -0.39 is 5.82 Å². The van der Waals surface area contributed by atoms with Gasteiger partial charge in [0.15, 0.2) is 0 Å². The van der Waals surface area contributed by atoms with Crippen LogP contribution >= 0.6 is 15.9 Å². The van der Waals surface area contributed by atoms with E-state index in [-0.39, 0.29) is 5.56 Å². The van der Waals surface area contributed by atoms with Crippen LogP contribution < -0.4 is 10.7 Å². The van der Waals surface area contributed by atoms with Gasteiger partial charge in [-0.15, -0.1) is 9.78 Å². The average Bonchev–Trinajstić information content (AvgIpc) is 2.12. The third-order valence-electron chi connectivity index (χ3n) is 2.30. The van der Waals surface area contributed by atoms with Gasteiger partial charge in [-0.25, -0.2) is 4.39 Å². The van der Waals surface area contributed by atoms with Crippen molar-refractivity contribution in [2.45, 2.75) is 6.92 Å². The van der Waals surface area contributed by atoms with Gasteiger partial charge in [0.2, 0.25) is 5.69 Å². The zero-order valence-corrected chi connectivity index (χ0v) is 9.85. The van der Waals surface area contributed by atoms with Crippen molar-refractivity contribution in [3.05, 3.63) is 38.5 Å². The van der Waals surface area contributed by atoms with E-state index in [0.29, 0.717) is 20.9 Å². The van der Waals surface area contributed by atoms with E-state index in [0.717, 1.165) is 0 Å². The summed E-state index contributed by atoms with van der Waals surface area (Å²) in [7, 11) is 1.60. The molecular formula is C10H9BrFN2O+. The second-order valence-corrected chi connectivity index (χ2v) is 4.33. The van der Waals surface area contributed by atoms with E-state index in [9.17, 15) is 9.18 Å².